The zero-order valence-electron chi connectivity index (χ0n) is 11.8. The van der Waals surface area contributed by atoms with Gasteiger partial charge in [-0.05, 0) is 44.7 Å². The van der Waals surface area contributed by atoms with Gasteiger partial charge in [0, 0.05) is 30.7 Å². The van der Waals surface area contributed by atoms with E-state index in [4.69, 9.17) is 0 Å². The Hall–Kier alpha value is -1.42. The van der Waals surface area contributed by atoms with E-state index < -0.39 is 0 Å². The van der Waals surface area contributed by atoms with Crippen molar-refractivity contribution < 1.29 is 9.18 Å². The Morgan fingerprint density at radius 3 is 2.42 bits per heavy atom. The van der Waals surface area contributed by atoms with Gasteiger partial charge in [-0.2, -0.15) is 0 Å². The van der Waals surface area contributed by atoms with Crippen molar-refractivity contribution in [2.45, 2.75) is 26.3 Å². The average molecular weight is 264 g/mol. The van der Waals surface area contributed by atoms with Gasteiger partial charge in [-0.3, -0.25) is 9.69 Å². The maximum atomic E-state index is 12.9. The van der Waals surface area contributed by atoms with E-state index in [1.165, 1.54) is 12.1 Å². The van der Waals surface area contributed by atoms with Gasteiger partial charge in [0.15, 0.2) is 0 Å². The van der Waals surface area contributed by atoms with Crippen LogP contribution in [0.2, 0.25) is 0 Å². The summed E-state index contributed by atoms with van der Waals surface area (Å²) in [5.41, 5.74) is 0.546. The second kappa shape index (κ2) is 5.29. The maximum Gasteiger partial charge on any atom is 0.253 e. The molecule has 1 heterocycles. The van der Waals surface area contributed by atoms with Crippen LogP contribution < -0.4 is 0 Å². The fourth-order valence-electron chi connectivity index (χ4n) is 2.72. The first-order valence-electron chi connectivity index (χ1n) is 6.74. The van der Waals surface area contributed by atoms with Gasteiger partial charge in [0.1, 0.15) is 5.82 Å². The Labute approximate surface area is 114 Å². The van der Waals surface area contributed by atoms with E-state index in [9.17, 15) is 9.18 Å². The monoisotopic (exact) mass is 264 g/mol. The van der Waals surface area contributed by atoms with E-state index in [0.29, 0.717) is 12.1 Å². The highest BCUT2D eigenvalue weighted by atomic mass is 19.1. The molecule has 0 aromatic heterocycles. The van der Waals surface area contributed by atoms with Gasteiger partial charge < -0.3 is 4.90 Å². The summed E-state index contributed by atoms with van der Waals surface area (Å²) in [7, 11) is 0. The van der Waals surface area contributed by atoms with Crippen LogP contribution in [-0.2, 0) is 0 Å². The summed E-state index contributed by atoms with van der Waals surface area (Å²) in [5, 5.41) is 0. The molecule has 1 aliphatic heterocycles. The lowest BCUT2D eigenvalue weighted by Gasteiger charge is -2.46. The van der Waals surface area contributed by atoms with E-state index in [0.717, 1.165) is 19.6 Å². The summed E-state index contributed by atoms with van der Waals surface area (Å²) in [6.07, 6.45) is 0. The highest BCUT2D eigenvalue weighted by Crippen LogP contribution is 2.21. The number of amides is 1. The maximum absolute atomic E-state index is 12.9. The molecule has 0 spiro atoms. The molecule has 0 saturated carbocycles. The number of benzene rings is 1. The highest BCUT2D eigenvalue weighted by molar-refractivity contribution is 5.94. The zero-order valence-corrected chi connectivity index (χ0v) is 11.8. The van der Waals surface area contributed by atoms with Crippen LogP contribution in [0.3, 0.4) is 0 Å². The van der Waals surface area contributed by atoms with Gasteiger partial charge in [-0.25, -0.2) is 4.39 Å². The largest absolute Gasteiger partial charge is 0.336 e. The number of piperazine rings is 1. The smallest absolute Gasteiger partial charge is 0.253 e. The molecule has 0 bridgehead atoms. The summed E-state index contributed by atoms with van der Waals surface area (Å²) in [5.74, 6) is -0.323. The molecule has 0 N–H and O–H groups in total. The first-order chi connectivity index (χ1) is 8.94. The summed E-state index contributed by atoms with van der Waals surface area (Å²) in [4.78, 5) is 16.6. The Morgan fingerprint density at radius 1 is 1.26 bits per heavy atom. The molecule has 19 heavy (non-hydrogen) atoms. The van der Waals surface area contributed by atoms with Gasteiger partial charge in [-0.15, -0.1) is 0 Å². The SMILES string of the molecule is CCN1CCN(C(=O)c2ccc(F)cc2)CC1(C)C. The van der Waals surface area contributed by atoms with E-state index in [1.807, 2.05) is 4.90 Å². The third-order valence-corrected chi connectivity index (χ3v) is 3.83. The summed E-state index contributed by atoms with van der Waals surface area (Å²) in [6.45, 7) is 9.76. The lowest BCUT2D eigenvalue weighted by Crippen LogP contribution is -2.60. The Bertz CT molecular complexity index is 456. The average Bonchev–Trinajstić information content (AvgIpc) is 2.37. The standard InChI is InChI=1S/C15H21FN2O/c1-4-18-10-9-17(11-15(18,2)3)14(19)12-5-7-13(16)8-6-12/h5-8H,4,9-11H2,1-3H3. The van der Waals surface area contributed by atoms with Gasteiger partial charge in [0.2, 0.25) is 0 Å². The summed E-state index contributed by atoms with van der Waals surface area (Å²) >= 11 is 0. The molecule has 1 aliphatic rings. The number of nitrogens with zero attached hydrogens (tertiary/aromatic N) is 2. The number of carbonyl (C=O) groups excluding carboxylic acids is 1. The molecular weight excluding hydrogens is 243 g/mol. The molecule has 1 fully saturated rings. The van der Waals surface area contributed by atoms with Crippen LogP contribution in [0.25, 0.3) is 0 Å². The lowest BCUT2D eigenvalue weighted by molar-refractivity contribution is 0.0209. The van der Waals surface area contributed by atoms with Crippen molar-refractivity contribution >= 4 is 5.91 Å². The molecule has 1 amide bonds. The molecule has 0 aliphatic carbocycles. The predicted molar refractivity (Wildman–Crippen MR) is 73.6 cm³/mol. The van der Waals surface area contributed by atoms with Crippen LogP contribution in [0.4, 0.5) is 4.39 Å². The molecule has 0 radical (unpaired) electrons. The van der Waals surface area contributed by atoms with Crippen molar-refractivity contribution in [1.82, 2.24) is 9.80 Å². The summed E-state index contributed by atoms with van der Waals surface area (Å²) in [6, 6.07) is 5.77. The molecule has 104 valence electrons. The predicted octanol–water partition coefficient (Wildman–Crippen LogP) is 2.38. The van der Waals surface area contributed by atoms with Crippen molar-refractivity contribution in [3.63, 3.8) is 0 Å². The zero-order chi connectivity index (χ0) is 14.0. The molecule has 4 heteroatoms. The van der Waals surface area contributed by atoms with E-state index in [1.54, 1.807) is 12.1 Å². The Balaban J connectivity index is 2.11. The number of rotatable bonds is 2. The Morgan fingerprint density at radius 2 is 1.89 bits per heavy atom. The third kappa shape index (κ3) is 2.95. The molecule has 1 aromatic rings. The van der Waals surface area contributed by atoms with Crippen LogP contribution in [0.1, 0.15) is 31.1 Å². The van der Waals surface area contributed by atoms with E-state index >= 15 is 0 Å². The topological polar surface area (TPSA) is 23.6 Å². The highest BCUT2D eigenvalue weighted by Gasteiger charge is 2.34. The fourth-order valence-corrected chi connectivity index (χ4v) is 2.72. The van der Waals surface area contributed by atoms with Crippen LogP contribution in [0.5, 0.6) is 0 Å². The molecule has 1 aromatic carbocycles. The number of hydrogen-bond acceptors (Lipinski definition) is 2. The van der Waals surface area contributed by atoms with Gasteiger partial charge in [0.05, 0.1) is 0 Å². The molecule has 1 saturated heterocycles. The van der Waals surface area contributed by atoms with Gasteiger partial charge in [-0.1, -0.05) is 6.92 Å². The fraction of sp³-hybridized carbons (Fsp3) is 0.533. The van der Waals surface area contributed by atoms with Crippen molar-refractivity contribution in [3.8, 4) is 0 Å². The van der Waals surface area contributed by atoms with Crippen molar-refractivity contribution in [2.75, 3.05) is 26.2 Å². The third-order valence-electron chi connectivity index (χ3n) is 3.83. The summed E-state index contributed by atoms with van der Waals surface area (Å²) < 4.78 is 12.9. The minimum absolute atomic E-state index is 0.0103. The molecule has 0 unspecified atom stereocenters. The van der Waals surface area contributed by atoms with Crippen molar-refractivity contribution in [1.29, 1.82) is 0 Å². The van der Waals surface area contributed by atoms with Gasteiger partial charge in [0.25, 0.3) is 5.91 Å². The van der Waals surface area contributed by atoms with E-state index in [2.05, 4.69) is 25.7 Å². The number of carbonyl (C=O) groups is 1. The van der Waals surface area contributed by atoms with Crippen LogP contribution in [-0.4, -0.2) is 47.4 Å². The Kier molecular flexibility index (Phi) is 3.90. The van der Waals surface area contributed by atoms with Crippen LogP contribution in [0.15, 0.2) is 24.3 Å². The van der Waals surface area contributed by atoms with Crippen molar-refractivity contribution in [2.24, 2.45) is 0 Å². The van der Waals surface area contributed by atoms with E-state index in [-0.39, 0.29) is 17.3 Å². The van der Waals surface area contributed by atoms with Gasteiger partial charge >= 0.3 is 0 Å². The van der Waals surface area contributed by atoms with Crippen LogP contribution in [0, 0.1) is 5.82 Å². The minimum atomic E-state index is -0.312. The molecule has 3 nitrogen and oxygen atoms in total. The second-order valence-corrected chi connectivity index (χ2v) is 5.63. The lowest BCUT2D eigenvalue weighted by atomic mass is 9.98. The number of halogens is 1. The quantitative estimate of drug-likeness (QED) is 0.819. The first-order valence-corrected chi connectivity index (χ1v) is 6.74. The molecular formula is C15H21FN2O. The number of hydrogen-bond donors (Lipinski definition) is 0. The van der Waals surface area contributed by atoms with Crippen molar-refractivity contribution in [3.05, 3.63) is 35.6 Å². The minimum Gasteiger partial charge on any atom is -0.336 e. The number of likely N-dealkylation sites (N-methyl/N-ethyl adjacent to an activating group) is 1. The second-order valence-electron chi connectivity index (χ2n) is 5.63. The first kappa shape index (κ1) is 14.0. The normalized spacial score (nSPS) is 19.5. The molecule has 0 atom stereocenters. The van der Waals surface area contributed by atoms with Crippen LogP contribution >= 0.6 is 0 Å². The molecule has 2 rings (SSSR count).